The van der Waals surface area contributed by atoms with Crippen molar-refractivity contribution in [1.29, 1.82) is 0 Å². The van der Waals surface area contributed by atoms with Crippen LogP contribution in [0.5, 0.6) is 0 Å². The van der Waals surface area contributed by atoms with Crippen LogP contribution in [0.4, 0.5) is 11.4 Å². The standard InChI is InChI=1S/C23H30N4O2/c1-26(2)22(18-9-5-3-6-10-18)23(29)24-17-21(28)25-19-11-13-20(14-12-19)27-15-7-4-8-16-27/h3,5-6,9-14,22H,4,7-8,15-17H2,1-2H3,(H,24,29)(H,25,28). The smallest absolute Gasteiger partial charge is 0.243 e. The van der Waals surface area contributed by atoms with Crippen LogP contribution in [-0.4, -0.2) is 50.4 Å². The van der Waals surface area contributed by atoms with Gasteiger partial charge >= 0.3 is 0 Å². The van der Waals surface area contributed by atoms with Crippen LogP contribution in [0.1, 0.15) is 30.9 Å². The number of carbonyl (C=O) groups excluding carboxylic acids is 2. The van der Waals surface area contributed by atoms with Gasteiger partial charge in [0.2, 0.25) is 11.8 Å². The van der Waals surface area contributed by atoms with Crippen LogP contribution < -0.4 is 15.5 Å². The summed E-state index contributed by atoms with van der Waals surface area (Å²) in [6, 6.07) is 17.0. The number of likely N-dealkylation sites (N-methyl/N-ethyl adjacent to an activating group) is 1. The molecule has 0 saturated carbocycles. The average molecular weight is 395 g/mol. The predicted molar refractivity (Wildman–Crippen MR) is 117 cm³/mol. The summed E-state index contributed by atoms with van der Waals surface area (Å²) >= 11 is 0. The first-order valence-electron chi connectivity index (χ1n) is 10.2. The Morgan fingerprint density at radius 2 is 1.62 bits per heavy atom. The number of anilines is 2. The van der Waals surface area contributed by atoms with Gasteiger partial charge in [-0.15, -0.1) is 0 Å². The van der Waals surface area contributed by atoms with Crippen molar-refractivity contribution in [1.82, 2.24) is 10.2 Å². The molecule has 3 rings (SSSR count). The third-order valence-electron chi connectivity index (χ3n) is 5.18. The fourth-order valence-corrected chi connectivity index (χ4v) is 3.70. The van der Waals surface area contributed by atoms with Gasteiger partial charge in [0.15, 0.2) is 0 Å². The van der Waals surface area contributed by atoms with Crippen molar-refractivity contribution in [3.8, 4) is 0 Å². The summed E-state index contributed by atoms with van der Waals surface area (Å²) in [4.78, 5) is 29.1. The minimum atomic E-state index is -0.437. The maximum atomic E-state index is 12.6. The molecule has 29 heavy (non-hydrogen) atoms. The molecule has 2 aromatic carbocycles. The summed E-state index contributed by atoms with van der Waals surface area (Å²) in [6.07, 6.45) is 3.76. The lowest BCUT2D eigenvalue weighted by molar-refractivity contribution is -0.127. The number of hydrogen-bond acceptors (Lipinski definition) is 4. The largest absolute Gasteiger partial charge is 0.372 e. The van der Waals surface area contributed by atoms with Crippen LogP contribution in [0.15, 0.2) is 54.6 Å². The lowest BCUT2D eigenvalue weighted by Gasteiger charge is -2.28. The highest BCUT2D eigenvalue weighted by Gasteiger charge is 2.23. The zero-order chi connectivity index (χ0) is 20.6. The first kappa shape index (κ1) is 20.9. The van der Waals surface area contributed by atoms with Crippen molar-refractivity contribution in [2.75, 3.05) is 43.9 Å². The van der Waals surface area contributed by atoms with Gasteiger partial charge in [0.05, 0.1) is 6.54 Å². The third kappa shape index (κ3) is 5.81. The molecule has 1 aliphatic rings. The average Bonchev–Trinajstić information content (AvgIpc) is 2.74. The van der Waals surface area contributed by atoms with E-state index in [1.165, 1.54) is 24.9 Å². The molecule has 2 N–H and O–H groups in total. The van der Waals surface area contributed by atoms with E-state index in [1.807, 2.05) is 73.6 Å². The molecule has 1 unspecified atom stereocenters. The van der Waals surface area contributed by atoms with Crippen LogP contribution in [0.2, 0.25) is 0 Å². The van der Waals surface area contributed by atoms with Gasteiger partial charge in [0.1, 0.15) is 6.04 Å². The van der Waals surface area contributed by atoms with E-state index < -0.39 is 6.04 Å². The van der Waals surface area contributed by atoms with Crippen molar-refractivity contribution >= 4 is 23.2 Å². The molecule has 1 heterocycles. The second-order valence-electron chi connectivity index (χ2n) is 7.64. The molecule has 0 spiro atoms. The molecule has 6 nitrogen and oxygen atoms in total. The van der Waals surface area contributed by atoms with E-state index in [1.54, 1.807) is 0 Å². The Hall–Kier alpha value is -2.86. The van der Waals surface area contributed by atoms with Gasteiger partial charge in [-0.25, -0.2) is 0 Å². The predicted octanol–water partition coefficient (Wildman–Crippen LogP) is 3.03. The quantitative estimate of drug-likeness (QED) is 0.758. The molecular weight excluding hydrogens is 364 g/mol. The van der Waals surface area contributed by atoms with Crippen LogP contribution in [0.3, 0.4) is 0 Å². The van der Waals surface area contributed by atoms with E-state index in [0.29, 0.717) is 0 Å². The van der Waals surface area contributed by atoms with Gasteiger partial charge < -0.3 is 15.5 Å². The van der Waals surface area contributed by atoms with E-state index in [4.69, 9.17) is 0 Å². The number of piperidine rings is 1. The van der Waals surface area contributed by atoms with Gasteiger partial charge in [-0.2, -0.15) is 0 Å². The van der Waals surface area contributed by atoms with Crippen LogP contribution in [0.25, 0.3) is 0 Å². The molecule has 2 amide bonds. The summed E-state index contributed by atoms with van der Waals surface area (Å²) in [5.74, 6) is -0.438. The van der Waals surface area contributed by atoms with Gasteiger partial charge in [0.25, 0.3) is 0 Å². The highest BCUT2D eigenvalue weighted by atomic mass is 16.2. The Morgan fingerprint density at radius 1 is 0.966 bits per heavy atom. The highest BCUT2D eigenvalue weighted by molar-refractivity contribution is 5.95. The normalized spacial score (nSPS) is 15.1. The highest BCUT2D eigenvalue weighted by Crippen LogP contribution is 2.22. The molecule has 1 aliphatic heterocycles. The van der Waals surface area contributed by atoms with E-state index in [0.717, 1.165) is 24.3 Å². The summed E-state index contributed by atoms with van der Waals surface area (Å²) in [5, 5.41) is 5.59. The monoisotopic (exact) mass is 394 g/mol. The lowest BCUT2D eigenvalue weighted by atomic mass is 10.1. The van der Waals surface area contributed by atoms with Gasteiger partial charge in [-0.1, -0.05) is 30.3 Å². The minimum absolute atomic E-state index is 0.0656. The second-order valence-corrected chi connectivity index (χ2v) is 7.64. The van der Waals surface area contributed by atoms with Gasteiger partial charge in [0, 0.05) is 24.5 Å². The van der Waals surface area contributed by atoms with Crippen molar-refractivity contribution in [2.45, 2.75) is 25.3 Å². The molecule has 1 fully saturated rings. The maximum Gasteiger partial charge on any atom is 0.243 e. The number of nitrogens with one attached hydrogen (secondary N) is 2. The molecular formula is C23H30N4O2. The zero-order valence-corrected chi connectivity index (χ0v) is 17.2. The Morgan fingerprint density at radius 3 is 2.24 bits per heavy atom. The topological polar surface area (TPSA) is 64.7 Å². The van der Waals surface area contributed by atoms with Crippen LogP contribution in [0, 0.1) is 0 Å². The number of nitrogens with zero attached hydrogens (tertiary/aromatic N) is 2. The third-order valence-corrected chi connectivity index (χ3v) is 5.18. The summed E-state index contributed by atoms with van der Waals surface area (Å²) in [7, 11) is 3.70. The maximum absolute atomic E-state index is 12.6. The molecule has 2 aromatic rings. The van der Waals surface area contributed by atoms with E-state index in [-0.39, 0.29) is 18.4 Å². The lowest BCUT2D eigenvalue weighted by Crippen LogP contribution is -2.40. The molecule has 1 saturated heterocycles. The van der Waals surface area contributed by atoms with Crippen molar-refractivity contribution < 1.29 is 9.59 Å². The summed E-state index contributed by atoms with van der Waals surface area (Å²) in [5.41, 5.74) is 2.81. The number of benzene rings is 2. The second kappa shape index (κ2) is 10.1. The fraction of sp³-hybridized carbons (Fsp3) is 0.391. The first-order chi connectivity index (χ1) is 14.0. The molecule has 0 aliphatic carbocycles. The number of rotatable bonds is 7. The summed E-state index contributed by atoms with van der Waals surface area (Å²) in [6.45, 7) is 2.11. The molecule has 6 heteroatoms. The van der Waals surface area contributed by atoms with E-state index in [9.17, 15) is 9.59 Å². The molecule has 0 radical (unpaired) electrons. The Labute approximate surface area is 172 Å². The zero-order valence-electron chi connectivity index (χ0n) is 17.2. The fourth-order valence-electron chi connectivity index (χ4n) is 3.70. The van der Waals surface area contributed by atoms with Crippen molar-refractivity contribution in [2.24, 2.45) is 0 Å². The Kier molecular flexibility index (Phi) is 7.25. The number of amides is 2. The minimum Gasteiger partial charge on any atom is -0.372 e. The molecule has 0 aromatic heterocycles. The Balaban J connectivity index is 1.51. The van der Waals surface area contributed by atoms with Gasteiger partial charge in [-0.05, 0) is 63.2 Å². The first-order valence-corrected chi connectivity index (χ1v) is 10.2. The summed E-state index contributed by atoms with van der Waals surface area (Å²) < 4.78 is 0. The SMILES string of the molecule is CN(C)C(C(=O)NCC(=O)Nc1ccc(N2CCCCC2)cc1)c1ccccc1. The number of carbonyl (C=O) groups is 2. The molecule has 1 atom stereocenters. The van der Waals surface area contributed by atoms with Crippen LogP contribution in [-0.2, 0) is 9.59 Å². The van der Waals surface area contributed by atoms with E-state index in [2.05, 4.69) is 15.5 Å². The number of hydrogen-bond donors (Lipinski definition) is 2. The van der Waals surface area contributed by atoms with Crippen LogP contribution >= 0.6 is 0 Å². The molecule has 0 bridgehead atoms. The van der Waals surface area contributed by atoms with Gasteiger partial charge in [-0.3, -0.25) is 14.5 Å². The van der Waals surface area contributed by atoms with E-state index >= 15 is 0 Å². The van der Waals surface area contributed by atoms with Crippen molar-refractivity contribution in [3.63, 3.8) is 0 Å². The molecule has 154 valence electrons. The Bertz CT molecular complexity index is 799. The van der Waals surface area contributed by atoms with Crippen molar-refractivity contribution in [3.05, 3.63) is 60.2 Å².